The lowest BCUT2D eigenvalue weighted by molar-refractivity contribution is -0.116. The van der Waals surface area contributed by atoms with E-state index < -0.39 is 12.1 Å². The summed E-state index contributed by atoms with van der Waals surface area (Å²) in [6, 6.07) is 11.2. The van der Waals surface area contributed by atoms with Gasteiger partial charge in [-0.15, -0.1) is 0 Å². The molecule has 236 valence electrons. The number of unbranched alkanes of at least 4 members (excludes halogenated alkanes) is 1. The van der Waals surface area contributed by atoms with Crippen molar-refractivity contribution in [2.75, 3.05) is 56.3 Å². The average Bonchev–Trinajstić information content (AvgIpc) is 2.97. The first kappa shape index (κ1) is 34.3. The van der Waals surface area contributed by atoms with Gasteiger partial charge in [0.15, 0.2) is 0 Å². The zero-order valence-electron chi connectivity index (χ0n) is 26.1. The Morgan fingerprint density at radius 3 is 2.63 bits per heavy atom. The van der Waals surface area contributed by atoms with Gasteiger partial charge in [-0.1, -0.05) is 38.3 Å². The highest BCUT2D eigenvalue weighted by molar-refractivity contribution is 6.32. The van der Waals surface area contributed by atoms with E-state index in [-0.39, 0.29) is 24.5 Å². The van der Waals surface area contributed by atoms with E-state index in [1.807, 2.05) is 51.0 Å². The second-order valence-corrected chi connectivity index (χ2v) is 11.8. The second kappa shape index (κ2) is 17.2. The van der Waals surface area contributed by atoms with Gasteiger partial charge in [-0.25, -0.2) is 4.39 Å². The SMILES string of the molecule is CCCCC(F)C(CC)COc1ccc(NC2c3cc(NC(=O)CCCN(C)C)c(OCC)cc3NCC2C#N)cc1Cl. The predicted molar refractivity (Wildman–Crippen MR) is 173 cm³/mol. The number of nitrogens with zero attached hydrogens (tertiary/aromatic N) is 2. The molecule has 3 rings (SSSR count). The molecule has 10 heteroatoms. The zero-order chi connectivity index (χ0) is 31.4. The van der Waals surface area contributed by atoms with E-state index >= 15 is 0 Å². The summed E-state index contributed by atoms with van der Waals surface area (Å²) >= 11 is 6.60. The van der Waals surface area contributed by atoms with Crippen molar-refractivity contribution >= 4 is 34.6 Å². The third-order valence-electron chi connectivity index (χ3n) is 7.73. The Hall–Kier alpha value is -3.22. The molecule has 43 heavy (non-hydrogen) atoms. The van der Waals surface area contributed by atoms with Crippen LogP contribution < -0.4 is 25.4 Å². The first-order chi connectivity index (χ1) is 20.7. The summed E-state index contributed by atoms with van der Waals surface area (Å²) in [5.41, 5.74) is 2.96. The van der Waals surface area contributed by atoms with Crippen LogP contribution in [0.1, 0.15) is 70.9 Å². The van der Waals surface area contributed by atoms with Crippen molar-refractivity contribution in [3.05, 3.63) is 40.9 Å². The molecule has 1 heterocycles. The molecule has 3 N–H and O–H groups in total. The Bertz CT molecular complexity index is 1240. The van der Waals surface area contributed by atoms with Crippen LogP contribution >= 0.6 is 11.6 Å². The molecule has 0 aliphatic carbocycles. The van der Waals surface area contributed by atoms with Gasteiger partial charge in [0.2, 0.25) is 5.91 Å². The minimum absolute atomic E-state index is 0.0926. The Morgan fingerprint density at radius 2 is 1.98 bits per heavy atom. The van der Waals surface area contributed by atoms with Crippen molar-refractivity contribution in [2.45, 2.75) is 71.5 Å². The summed E-state index contributed by atoms with van der Waals surface area (Å²) in [5.74, 6) is 0.400. The monoisotopic (exact) mass is 615 g/mol. The van der Waals surface area contributed by atoms with Gasteiger partial charge < -0.3 is 30.3 Å². The third kappa shape index (κ3) is 9.90. The smallest absolute Gasteiger partial charge is 0.224 e. The molecule has 4 atom stereocenters. The van der Waals surface area contributed by atoms with Crippen LogP contribution in [-0.2, 0) is 4.79 Å². The third-order valence-corrected chi connectivity index (χ3v) is 8.02. The van der Waals surface area contributed by atoms with Crippen LogP contribution in [0.4, 0.5) is 21.5 Å². The second-order valence-electron chi connectivity index (χ2n) is 11.3. The minimum atomic E-state index is -0.900. The van der Waals surface area contributed by atoms with E-state index in [1.54, 1.807) is 12.1 Å². The number of rotatable bonds is 17. The van der Waals surface area contributed by atoms with Crippen LogP contribution in [-0.4, -0.2) is 57.4 Å². The average molecular weight is 616 g/mol. The number of amides is 1. The van der Waals surface area contributed by atoms with Crippen molar-refractivity contribution in [3.8, 4) is 17.6 Å². The van der Waals surface area contributed by atoms with Gasteiger partial charge >= 0.3 is 0 Å². The Kier molecular flexibility index (Phi) is 13.7. The van der Waals surface area contributed by atoms with Gasteiger partial charge in [0, 0.05) is 41.9 Å². The maximum atomic E-state index is 14.6. The topological polar surface area (TPSA) is 98.7 Å². The van der Waals surface area contributed by atoms with E-state index in [0.717, 1.165) is 42.7 Å². The number of benzene rings is 2. The number of carbonyl (C=O) groups is 1. The van der Waals surface area contributed by atoms with Crippen molar-refractivity contribution in [3.63, 3.8) is 0 Å². The van der Waals surface area contributed by atoms with Crippen LogP contribution in [0.5, 0.6) is 11.5 Å². The van der Waals surface area contributed by atoms with Crippen molar-refractivity contribution in [1.82, 2.24) is 4.90 Å². The lowest BCUT2D eigenvalue weighted by Crippen LogP contribution is -2.31. The molecular weight excluding hydrogens is 569 g/mol. The molecule has 1 amide bonds. The number of carbonyl (C=O) groups excluding carboxylic acids is 1. The summed E-state index contributed by atoms with van der Waals surface area (Å²) in [6.45, 7) is 7.90. The maximum Gasteiger partial charge on any atom is 0.224 e. The van der Waals surface area contributed by atoms with Gasteiger partial charge in [0.25, 0.3) is 0 Å². The summed E-state index contributed by atoms with van der Waals surface area (Å²) < 4.78 is 26.4. The number of hydrogen-bond donors (Lipinski definition) is 3. The van der Waals surface area contributed by atoms with Gasteiger partial charge in [-0.3, -0.25) is 4.79 Å². The molecule has 0 bridgehead atoms. The molecule has 2 aromatic carbocycles. The molecule has 1 aliphatic rings. The molecule has 0 fully saturated rings. The summed E-state index contributed by atoms with van der Waals surface area (Å²) in [6.07, 6.45) is 3.29. The number of fused-ring (bicyclic) bond motifs is 1. The Labute approximate surface area is 261 Å². The first-order valence-electron chi connectivity index (χ1n) is 15.4. The highest BCUT2D eigenvalue weighted by atomic mass is 35.5. The largest absolute Gasteiger partial charge is 0.492 e. The molecule has 0 spiro atoms. The Balaban J connectivity index is 1.80. The molecule has 0 saturated carbocycles. The summed E-state index contributed by atoms with van der Waals surface area (Å²) in [7, 11) is 3.96. The van der Waals surface area contributed by atoms with Crippen LogP contribution in [0, 0.1) is 23.2 Å². The highest BCUT2D eigenvalue weighted by Crippen LogP contribution is 2.42. The molecule has 1 aliphatic heterocycles. The minimum Gasteiger partial charge on any atom is -0.492 e. The van der Waals surface area contributed by atoms with E-state index in [2.05, 4.69) is 28.9 Å². The molecule has 0 radical (unpaired) electrons. The van der Waals surface area contributed by atoms with Gasteiger partial charge in [-0.05, 0) is 71.1 Å². The van der Waals surface area contributed by atoms with Crippen LogP contribution in [0.25, 0.3) is 0 Å². The highest BCUT2D eigenvalue weighted by Gasteiger charge is 2.31. The zero-order valence-corrected chi connectivity index (χ0v) is 26.9. The first-order valence-corrected chi connectivity index (χ1v) is 15.8. The number of anilines is 3. The van der Waals surface area contributed by atoms with Crippen LogP contribution in [0.15, 0.2) is 30.3 Å². The van der Waals surface area contributed by atoms with Gasteiger partial charge in [-0.2, -0.15) is 5.26 Å². The Morgan fingerprint density at radius 1 is 1.19 bits per heavy atom. The van der Waals surface area contributed by atoms with Crippen molar-refractivity contribution < 1.29 is 18.7 Å². The lowest BCUT2D eigenvalue weighted by Gasteiger charge is -2.33. The number of halogens is 2. The number of alkyl halides is 1. The number of hydrogen-bond acceptors (Lipinski definition) is 7. The summed E-state index contributed by atoms with van der Waals surface area (Å²) in [4.78, 5) is 14.8. The molecule has 2 aromatic rings. The van der Waals surface area contributed by atoms with E-state index in [1.165, 1.54) is 0 Å². The fourth-order valence-electron chi connectivity index (χ4n) is 5.20. The predicted octanol–water partition coefficient (Wildman–Crippen LogP) is 7.67. The van der Waals surface area contributed by atoms with Crippen molar-refractivity contribution in [2.24, 2.45) is 11.8 Å². The van der Waals surface area contributed by atoms with Crippen molar-refractivity contribution in [1.29, 1.82) is 5.26 Å². The molecule has 4 unspecified atom stereocenters. The number of nitrogens with one attached hydrogen (secondary N) is 3. The standard InChI is InChI=1S/C33H47ClFN5O3/c1-6-9-11-27(35)22(7-2)21-43-30-14-13-24(16-26(30)34)38-33-23(19-36)20-37-28-18-31(42-8-3)29(17-25(28)33)39-32(41)12-10-15-40(4)5/h13-14,16-18,22-23,27,33,37-38H,6-12,15,20-21H2,1-5H3,(H,39,41). The summed E-state index contributed by atoms with van der Waals surface area (Å²) in [5, 5.41) is 20.2. The molecule has 0 aromatic heterocycles. The number of ether oxygens (including phenoxy) is 2. The van der Waals surface area contributed by atoms with E-state index in [4.69, 9.17) is 21.1 Å². The van der Waals surface area contributed by atoms with Gasteiger partial charge in [0.1, 0.15) is 17.7 Å². The maximum absolute atomic E-state index is 14.6. The van der Waals surface area contributed by atoms with Crippen LogP contribution in [0.2, 0.25) is 5.02 Å². The fraction of sp³-hybridized carbons (Fsp3) is 0.576. The quantitative estimate of drug-likeness (QED) is 0.168. The van der Waals surface area contributed by atoms with E-state index in [0.29, 0.717) is 54.6 Å². The van der Waals surface area contributed by atoms with Crippen LogP contribution in [0.3, 0.4) is 0 Å². The fourth-order valence-corrected chi connectivity index (χ4v) is 5.43. The van der Waals surface area contributed by atoms with Gasteiger partial charge in [0.05, 0.1) is 42.0 Å². The van der Waals surface area contributed by atoms with E-state index in [9.17, 15) is 14.4 Å². The molecular formula is C33H47ClFN5O3. The lowest BCUT2D eigenvalue weighted by atomic mass is 9.88. The molecule has 0 saturated heterocycles. The molecule has 8 nitrogen and oxygen atoms in total. The number of nitriles is 1. The normalized spacial score (nSPS) is 17.3.